The minimum Gasteiger partial charge on any atom is -0.288 e. The molecule has 1 aromatic carbocycles. The van der Waals surface area contributed by atoms with E-state index in [0.29, 0.717) is 17.3 Å². The molecule has 0 radical (unpaired) electrons. The standard InChI is InChI=1S/C14H13ClN6O/c1-20-6-5-12(18-20)13(22)17-14-16-9-21(19-14)8-10-3-2-4-11(15)7-10/h2-7,9H,8H2,1H3,(H,17,19,22). The molecule has 0 aliphatic rings. The molecule has 0 saturated heterocycles. The molecule has 8 heteroatoms. The van der Waals surface area contributed by atoms with Gasteiger partial charge < -0.3 is 0 Å². The third-order valence-corrected chi connectivity index (χ3v) is 3.18. The van der Waals surface area contributed by atoms with E-state index in [2.05, 4.69) is 20.5 Å². The average molecular weight is 317 g/mol. The minimum absolute atomic E-state index is 0.234. The summed E-state index contributed by atoms with van der Waals surface area (Å²) in [6.07, 6.45) is 3.25. The van der Waals surface area contributed by atoms with Crippen LogP contribution in [0.4, 0.5) is 5.95 Å². The molecule has 112 valence electrons. The molecule has 2 heterocycles. The highest BCUT2D eigenvalue weighted by atomic mass is 35.5. The van der Waals surface area contributed by atoms with Crippen LogP contribution in [0.3, 0.4) is 0 Å². The van der Waals surface area contributed by atoms with Crippen LogP contribution in [0.15, 0.2) is 42.9 Å². The smallest absolute Gasteiger partial charge is 0.278 e. The summed E-state index contributed by atoms with van der Waals surface area (Å²) in [7, 11) is 1.74. The predicted octanol–water partition coefficient (Wildman–Crippen LogP) is 1.97. The number of nitrogens with one attached hydrogen (secondary N) is 1. The lowest BCUT2D eigenvalue weighted by atomic mass is 10.2. The topological polar surface area (TPSA) is 77.6 Å². The first-order chi connectivity index (χ1) is 10.6. The SMILES string of the molecule is Cn1ccc(C(=O)Nc2ncn(Cc3cccc(Cl)c3)n2)n1. The summed E-state index contributed by atoms with van der Waals surface area (Å²) in [5.41, 5.74) is 1.31. The van der Waals surface area contributed by atoms with Gasteiger partial charge in [0.1, 0.15) is 6.33 Å². The molecule has 7 nitrogen and oxygen atoms in total. The van der Waals surface area contributed by atoms with Crippen molar-refractivity contribution in [3.8, 4) is 0 Å². The van der Waals surface area contributed by atoms with Crippen molar-refractivity contribution in [2.24, 2.45) is 7.05 Å². The Labute approximate surface area is 131 Å². The number of aromatic nitrogens is 5. The van der Waals surface area contributed by atoms with Crippen LogP contribution in [0, 0.1) is 0 Å². The number of halogens is 1. The van der Waals surface area contributed by atoms with Gasteiger partial charge in [-0.2, -0.15) is 5.10 Å². The highest BCUT2D eigenvalue weighted by Crippen LogP contribution is 2.12. The van der Waals surface area contributed by atoms with Gasteiger partial charge >= 0.3 is 0 Å². The van der Waals surface area contributed by atoms with Crippen LogP contribution in [-0.4, -0.2) is 30.5 Å². The number of rotatable bonds is 4. The van der Waals surface area contributed by atoms with Crippen molar-refractivity contribution in [1.82, 2.24) is 24.5 Å². The van der Waals surface area contributed by atoms with Gasteiger partial charge in [-0.3, -0.25) is 14.8 Å². The molecule has 0 aliphatic carbocycles. The molecule has 0 saturated carbocycles. The molecular weight excluding hydrogens is 304 g/mol. The van der Waals surface area contributed by atoms with Gasteiger partial charge in [0.25, 0.3) is 5.91 Å². The zero-order valence-corrected chi connectivity index (χ0v) is 12.5. The van der Waals surface area contributed by atoms with Crippen LogP contribution < -0.4 is 5.32 Å². The zero-order valence-electron chi connectivity index (χ0n) is 11.8. The van der Waals surface area contributed by atoms with Crippen LogP contribution in [-0.2, 0) is 13.6 Å². The first-order valence-corrected chi connectivity index (χ1v) is 6.93. The number of anilines is 1. The molecule has 3 rings (SSSR count). The summed E-state index contributed by atoms with van der Waals surface area (Å²) in [5.74, 6) is -0.112. The van der Waals surface area contributed by atoms with Gasteiger partial charge in [0, 0.05) is 18.3 Å². The molecule has 1 amide bonds. The van der Waals surface area contributed by atoms with Crippen LogP contribution in [0.2, 0.25) is 5.02 Å². The van der Waals surface area contributed by atoms with E-state index in [1.54, 1.807) is 35.0 Å². The Kier molecular flexibility index (Phi) is 3.88. The van der Waals surface area contributed by atoms with Gasteiger partial charge in [0.05, 0.1) is 6.54 Å². The Morgan fingerprint density at radius 3 is 2.91 bits per heavy atom. The lowest BCUT2D eigenvalue weighted by Crippen LogP contribution is -2.14. The maximum atomic E-state index is 11.9. The lowest BCUT2D eigenvalue weighted by Gasteiger charge is -2.01. The number of nitrogens with zero attached hydrogens (tertiary/aromatic N) is 5. The van der Waals surface area contributed by atoms with Crippen LogP contribution in [0.25, 0.3) is 0 Å². The van der Waals surface area contributed by atoms with Gasteiger partial charge in [-0.05, 0) is 23.8 Å². The summed E-state index contributed by atoms with van der Waals surface area (Å²) >= 11 is 5.94. The summed E-state index contributed by atoms with van der Waals surface area (Å²) in [6.45, 7) is 0.521. The highest BCUT2D eigenvalue weighted by Gasteiger charge is 2.11. The van der Waals surface area contributed by atoms with Gasteiger partial charge in [0.15, 0.2) is 5.69 Å². The van der Waals surface area contributed by atoms with E-state index >= 15 is 0 Å². The maximum absolute atomic E-state index is 11.9. The Hall–Kier alpha value is -2.67. The fourth-order valence-corrected chi connectivity index (χ4v) is 2.17. The lowest BCUT2D eigenvalue weighted by molar-refractivity contribution is 0.102. The van der Waals surface area contributed by atoms with Gasteiger partial charge in [-0.1, -0.05) is 23.7 Å². The molecule has 2 aromatic heterocycles. The van der Waals surface area contributed by atoms with E-state index in [0.717, 1.165) is 5.56 Å². The molecule has 0 aliphatic heterocycles. The molecule has 22 heavy (non-hydrogen) atoms. The summed E-state index contributed by atoms with van der Waals surface area (Å²) in [6, 6.07) is 9.11. The molecule has 0 bridgehead atoms. The van der Waals surface area contributed by atoms with E-state index in [1.807, 2.05) is 24.3 Å². The molecule has 3 aromatic rings. The van der Waals surface area contributed by atoms with Crippen molar-refractivity contribution in [2.45, 2.75) is 6.54 Å². The fourth-order valence-electron chi connectivity index (χ4n) is 1.95. The van der Waals surface area contributed by atoms with Crippen molar-refractivity contribution in [3.05, 3.63) is 59.1 Å². The number of aryl methyl sites for hydroxylation is 1. The van der Waals surface area contributed by atoms with E-state index in [9.17, 15) is 4.79 Å². The second kappa shape index (κ2) is 5.98. The number of carbonyl (C=O) groups excluding carboxylic acids is 1. The monoisotopic (exact) mass is 316 g/mol. The molecule has 1 N–H and O–H groups in total. The first-order valence-electron chi connectivity index (χ1n) is 6.55. The van der Waals surface area contributed by atoms with Crippen molar-refractivity contribution in [3.63, 3.8) is 0 Å². The van der Waals surface area contributed by atoms with Crippen molar-refractivity contribution in [2.75, 3.05) is 5.32 Å². The van der Waals surface area contributed by atoms with Crippen molar-refractivity contribution >= 4 is 23.5 Å². The average Bonchev–Trinajstić information content (AvgIpc) is 3.08. The Morgan fingerprint density at radius 2 is 2.18 bits per heavy atom. The second-order valence-electron chi connectivity index (χ2n) is 4.72. The van der Waals surface area contributed by atoms with Crippen molar-refractivity contribution < 1.29 is 4.79 Å². The van der Waals surface area contributed by atoms with Crippen LogP contribution in [0.5, 0.6) is 0 Å². The fraction of sp³-hybridized carbons (Fsp3) is 0.143. The second-order valence-corrected chi connectivity index (χ2v) is 5.16. The molecular formula is C14H13ClN6O. The Balaban J connectivity index is 1.67. The number of hydrogen-bond donors (Lipinski definition) is 1. The number of carbonyl (C=O) groups is 1. The minimum atomic E-state index is -0.346. The Morgan fingerprint density at radius 1 is 1.32 bits per heavy atom. The van der Waals surface area contributed by atoms with Crippen LogP contribution >= 0.6 is 11.6 Å². The largest absolute Gasteiger partial charge is 0.288 e. The number of benzene rings is 1. The first kappa shape index (κ1) is 14.3. The molecule has 0 unspecified atom stereocenters. The van der Waals surface area contributed by atoms with Gasteiger partial charge in [-0.15, -0.1) is 5.10 Å². The zero-order chi connectivity index (χ0) is 15.5. The van der Waals surface area contributed by atoms with Crippen molar-refractivity contribution in [1.29, 1.82) is 0 Å². The molecule has 0 atom stereocenters. The quantitative estimate of drug-likeness (QED) is 0.798. The third kappa shape index (κ3) is 3.32. The highest BCUT2D eigenvalue weighted by molar-refractivity contribution is 6.30. The van der Waals surface area contributed by atoms with E-state index in [1.165, 1.54) is 0 Å². The Bertz CT molecular complexity index is 809. The van der Waals surface area contributed by atoms with E-state index in [-0.39, 0.29) is 11.9 Å². The predicted molar refractivity (Wildman–Crippen MR) is 81.7 cm³/mol. The number of amides is 1. The maximum Gasteiger partial charge on any atom is 0.278 e. The molecule has 0 spiro atoms. The molecule has 0 fully saturated rings. The normalized spacial score (nSPS) is 10.6. The van der Waals surface area contributed by atoms with Gasteiger partial charge in [-0.25, -0.2) is 9.67 Å². The number of hydrogen-bond acceptors (Lipinski definition) is 4. The van der Waals surface area contributed by atoms with E-state index < -0.39 is 0 Å². The summed E-state index contributed by atoms with van der Waals surface area (Å²) in [4.78, 5) is 16.0. The van der Waals surface area contributed by atoms with Gasteiger partial charge in [0.2, 0.25) is 5.95 Å². The third-order valence-electron chi connectivity index (χ3n) is 2.94. The summed E-state index contributed by atoms with van der Waals surface area (Å²) in [5, 5.41) is 11.5. The van der Waals surface area contributed by atoms with E-state index in [4.69, 9.17) is 11.6 Å². The summed E-state index contributed by atoms with van der Waals surface area (Å²) < 4.78 is 3.18. The van der Waals surface area contributed by atoms with Crippen LogP contribution in [0.1, 0.15) is 16.1 Å².